The summed E-state index contributed by atoms with van der Waals surface area (Å²) in [6, 6.07) is 5.82. The minimum absolute atomic E-state index is 0.0145. The molecular formula is C15H10ClFN2O2. The molecule has 0 radical (unpaired) electrons. The van der Waals surface area contributed by atoms with Gasteiger partial charge < -0.3 is 10.4 Å². The Balaban J connectivity index is 2.22. The number of carbonyl (C=O) groups excluding carboxylic acids is 1. The van der Waals surface area contributed by atoms with Gasteiger partial charge in [-0.25, -0.2) is 4.39 Å². The number of benzene rings is 1. The maximum atomic E-state index is 13.7. The highest BCUT2D eigenvalue weighted by Crippen LogP contribution is 2.22. The molecule has 21 heavy (non-hydrogen) atoms. The Hall–Kier alpha value is -2.42. The van der Waals surface area contributed by atoms with Crippen LogP contribution in [0.3, 0.4) is 0 Å². The van der Waals surface area contributed by atoms with Crippen LogP contribution in [0, 0.1) is 17.7 Å². The van der Waals surface area contributed by atoms with E-state index in [2.05, 4.69) is 22.1 Å². The number of amides is 1. The Morgan fingerprint density at radius 2 is 2.24 bits per heavy atom. The lowest BCUT2D eigenvalue weighted by molar-refractivity contribution is 0.102. The third kappa shape index (κ3) is 3.78. The number of pyridine rings is 1. The smallest absolute Gasteiger partial charge is 0.257 e. The summed E-state index contributed by atoms with van der Waals surface area (Å²) in [5, 5.41) is 11.0. The molecule has 0 spiro atoms. The van der Waals surface area contributed by atoms with E-state index in [4.69, 9.17) is 16.7 Å². The lowest BCUT2D eigenvalue weighted by atomic mass is 10.2. The van der Waals surface area contributed by atoms with Gasteiger partial charge in [0.25, 0.3) is 5.91 Å². The number of carbonyl (C=O) groups is 1. The van der Waals surface area contributed by atoms with Crippen molar-refractivity contribution in [3.8, 4) is 11.8 Å². The van der Waals surface area contributed by atoms with Gasteiger partial charge >= 0.3 is 0 Å². The second-order valence-electron chi connectivity index (χ2n) is 3.98. The number of aromatic nitrogens is 1. The SMILES string of the molecule is O=C(Nc1cccc(Cl)c1F)c1cncc(C#CCO)c1. The molecule has 4 nitrogen and oxygen atoms in total. The highest BCUT2D eigenvalue weighted by atomic mass is 35.5. The molecule has 106 valence electrons. The first-order chi connectivity index (χ1) is 10.1. The van der Waals surface area contributed by atoms with E-state index < -0.39 is 11.7 Å². The van der Waals surface area contributed by atoms with Crippen LogP contribution >= 0.6 is 11.6 Å². The molecule has 0 fully saturated rings. The molecule has 1 amide bonds. The Morgan fingerprint density at radius 3 is 3.00 bits per heavy atom. The van der Waals surface area contributed by atoms with Crippen LogP contribution in [0.5, 0.6) is 0 Å². The fourth-order valence-corrected chi connectivity index (χ4v) is 1.74. The molecule has 6 heteroatoms. The van der Waals surface area contributed by atoms with Gasteiger partial charge in [0.1, 0.15) is 6.61 Å². The molecule has 1 aromatic carbocycles. The normalized spacial score (nSPS) is 9.67. The van der Waals surface area contributed by atoms with E-state index in [1.807, 2.05) is 0 Å². The lowest BCUT2D eigenvalue weighted by Crippen LogP contribution is -2.13. The Kier molecular flexibility index (Phi) is 4.88. The third-order valence-electron chi connectivity index (χ3n) is 2.51. The van der Waals surface area contributed by atoms with E-state index in [0.29, 0.717) is 5.56 Å². The maximum absolute atomic E-state index is 13.7. The van der Waals surface area contributed by atoms with Gasteiger partial charge in [-0.3, -0.25) is 9.78 Å². The topological polar surface area (TPSA) is 62.2 Å². The third-order valence-corrected chi connectivity index (χ3v) is 2.80. The van der Waals surface area contributed by atoms with Crippen molar-refractivity contribution in [3.05, 3.63) is 58.6 Å². The van der Waals surface area contributed by atoms with Gasteiger partial charge in [-0.1, -0.05) is 29.5 Å². The maximum Gasteiger partial charge on any atom is 0.257 e. The van der Waals surface area contributed by atoms with Crippen molar-refractivity contribution in [2.24, 2.45) is 0 Å². The molecule has 0 atom stereocenters. The summed E-state index contributed by atoms with van der Waals surface area (Å²) in [5.74, 6) is 3.86. The quantitative estimate of drug-likeness (QED) is 0.838. The standard InChI is InChI=1S/C15H10ClFN2O2/c16-12-4-1-5-13(14(12)17)19-15(21)11-7-10(3-2-6-20)8-18-9-11/h1,4-5,7-9,20H,6H2,(H,19,21). The lowest BCUT2D eigenvalue weighted by Gasteiger charge is -2.07. The van der Waals surface area contributed by atoms with E-state index >= 15 is 0 Å². The van der Waals surface area contributed by atoms with E-state index in [9.17, 15) is 9.18 Å². The zero-order valence-electron chi connectivity index (χ0n) is 10.7. The first-order valence-electron chi connectivity index (χ1n) is 5.92. The fraction of sp³-hybridized carbons (Fsp3) is 0.0667. The van der Waals surface area contributed by atoms with Gasteiger partial charge in [0, 0.05) is 18.0 Å². The summed E-state index contributed by atoms with van der Waals surface area (Å²) < 4.78 is 13.7. The minimum atomic E-state index is -0.697. The summed E-state index contributed by atoms with van der Waals surface area (Å²) in [6.45, 7) is -0.288. The molecular weight excluding hydrogens is 295 g/mol. The number of aliphatic hydroxyl groups excluding tert-OH is 1. The predicted molar refractivity (Wildman–Crippen MR) is 77.6 cm³/mol. The second kappa shape index (κ2) is 6.84. The highest BCUT2D eigenvalue weighted by molar-refractivity contribution is 6.31. The van der Waals surface area contributed by atoms with Gasteiger partial charge in [0.2, 0.25) is 0 Å². The van der Waals surface area contributed by atoms with E-state index in [1.165, 1.54) is 36.7 Å². The number of halogens is 2. The first kappa shape index (κ1) is 15.0. The Labute approximate surface area is 125 Å². The molecule has 2 aromatic rings. The van der Waals surface area contributed by atoms with Crippen molar-refractivity contribution in [3.63, 3.8) is 0 Å². The van der Waals surface area contributed by atoms with Crippen molar-refractivity contribution >= 4 is 23.2 Å². The van der Waals surface area contributed by atoms with Crippen LogP contribution in [-0.4, -0.2) is 22.6 Å². The van der Waals surface area contributed by atoms with Gasteiger partial charge in [-0.05, 0) is 18.2 Å². The summed E-state index contributed by atoms with van der Waals surface area (Å²) in [6.07, 6.45) is 2.79. The summed E-state index contributed by atoms with van der Waals surface area (Å²) in [5.41, 5.74) is 0.682. The zero-order chi connectivity index (χ0) is 15.2. The monoisotopic (exact) mass is 304 g/mol. The van der Waals surface area contributed by atoms with Crippen LogP contribution in [0.15, 0.2) is 36.7 Å². The summed E-state index contributed by atoms with van der Waals surface area (Å²) >= 11 is 5.65. The zero-order valence-corrected chi connectivity index (χ0v) is 11.5. The van der Waals surface area contributed by atoms with Crippen LogP contribution < -0.4 is 5.32 Å². The van der Waals surface area contributed by atoms with Gasteiger partial charge in [-0.2, -0.15) is 0 Å². The average molecular weight is 305 g/mol. The summed E-state index contributed by atoms with van der Waals surface area (Å²) in [4.78, 5) is 15.9. The summed E-state index contributed by atoms with van der Waals surface area (Å²) in [7, 11) is 0. The average Bonchev–Trinajstić information content (AvgIpc) is 2.50. The van der Waals surface area contributed by atoms with E-state index in [0.717, 1.165) is 0 Å². The van der Waals surface area contributed by atoms with Gasteiger partial charge in [-0.15, -0.1) is 0 Å². The fourth-order valence-electron chi connectivity index (χ4n) is 1.57. The van der Waals surface area contributed by atoms with Crippen LogP contribution in [0.1, 0.15) is 15.9 Å². The molecule has 2 N–H and O–H groups in total. The molecule has 0 bridgehead atoms. The minimum Gasteiger partial charge on any atom is -0.384 e. The number of nitrogens with one attached hydrogen (secondary N) is 1. The number of anilines is 1. The molecule has 1 aromatic heterocycles. The van der Waals surface area contributed by atoms with Crippen molar-refractivity contribution in [2.75, 3.05) is 11.9 Å². The second-order valence-corrected chi connectivity index (χ2v) is 4.38. The van der Waals surface area contributed by atoms with Crippen molar-refractivity contribution in [1.29, 1.82) is 0 Å². The van der Waals surface area contributed by atoms with Crippen molar-refractivity contribution < 1.29 is 14.3 Å². The van der Waals surface area contributed by atoms with Crippen LogP contribution in [0.25, 0.3) is 0 Å². The number of hydrogen-bond acceptors (Lipinski definition) is 3. The molecule has 0 aliphatic carbocycles. The van der Waals surface area contributed by atoms with Crippen molar-refractivity contribution in [2.45, 2.75) is 0 Å². The first-order valence-corrected chi connectivity index (χ1v) is 6.29. The van der Waals surface area contributed by atoms with Gasteiger partial charge in [0.05, 0.1) is 16.3 Å². The van der Waals surface area contributed by atoms with E-state index in [1.54, 1.807) is 0 Å². The molecule has 0 aliphatic rings. The highest BCUT2D eigenvalue weighted by Gasteiger charge is 2.11. The van der Waals surface area contributed by atoms with Crippen LogP contribution in [-0.2, 0) is 0 Å². The number of nitrogens with zero attached hydrogens (tertiary/aromatic N) is 1. The largest absolute Gasteiger partial charge is 0.384 e. The number of aliphatic hydroxyl groups is 1. The Bertz CT molecular complexity index is 738. The molecule has 0 saturated carbocycles. The molecule has 0 aliphatic heterocycles. The Morgan fingerprint density at radius 1 is 1.43 bits per heavy atom. The van der Waals surface area contributed by atoms with Crippen LogP contribution in [0.4, 0.5) is 10.1 Å². The molecule has 1 heterocycles. The predicted octanol–water partition coefficient (Wildman–Crippen LogP) is 2.47. The molecule has 0 saturated heterocycles. The molecule has 2 rings (SSSR count). The van der Waals surface area contributed by atoms with Crippen molar-refractivity contribution in [1.82, 2.24) is 4.98 Å². The van der Waals surface area contributed by atoms with E-state index in [-0.39, 0.29) is 22.9 Å². The number of rotatable bonds is 2. The number of hydrogen-bond donors (Lipinski definition) is 2. The molecule has 0 unspecified atom stereocenters. The van der Waals surface area contributed by atoms with Gasteiger partial charge in [0.15, 0.2) is 5.82 Å². The van der Waals surface area contributed by atoms with Crippen LogP contribution in [0.2, 0.25) is 5.02 Å².